The summed E-state index contributed by atoms with van der Waals surface area (Å²) in [4.78, 5) is 0. The summed E-state index contributed by atoms with van der Waals surface area (Å²) in [7, 11) is 0. The molecule has 3 aromatic rings. The van der Waals surface area contributed by atoms with Gasteiger partial charge in [-0.15, -0.1) is 5.10 Å². The highest BCUT2D eigenvalue weighted by Gasteiger charge is 2.04. The molecule has 0 aliphatic rings. The molecular formula is C12H11N5O2. The summed E-state index contributed by atoms with van der Waals surface area (Å²) in [5.74, 6) is 1.40. The Morgan fingerprint density at radius 2 is 2.26 bits per heavy atom. The summed E-state index contributed by atoms with van der Waals surface area (Å²) in [5.41, 5.74) is 1.66. The van der Waals surface area contributed by atoms with E-state index >= 15 is 0 Å². The molecule has 96 valence electrons. The van der Waals surface area contributed by atoms with Crippen LogP contribution >= 0.6 is 0 Å². The van der Waals surface area contributed by atoms with Crippen LogP contribution in [0, 0.1) is 6.92 Å². The van der Waals surface area contributed by atoms with Gasteiger partial charge in [0.25, 0.3) is 0 Å². The van der Waals surface area contributed by atoms with Crippen LogP contribution in [0.2, 0.25) is 0 Å². The van der Waals surface area contributed by atoms with E-state index in [1.54, 1.807) is 4.68 Å². The van der Waals surface area contributed by atoms with Crippen molar-refractivity contribution in [1.82, 2.24) is 25.4 Å². The average Bonchev–Trinajstić information content (AvgIpc) is 3.08. The van der Waals surface area contributed by atoms with Gasteiger partial charge in [0.05, 0.1) is 11.4 Å². The summed E-state index contributed by atoms with van der Waals surface area (Å²) >= 11 is 0. The van der Waals surface area contributed by atoms with Crippen LogP contribution in [0.3, 0.4) is 0 Å². The fraction of sp³-hybridized carbons (Fsp3) is 0.167. The highest BCUT2D eigenvalue weighted by atomic mass is 16.5. The van der Waals surface area contributed by atoms with Crippen LogP contribution < -0.4 is 4.74 Å². The van der Waals surface area contributed by atoms with E-state index in [4.69, 9.17) is 9.26 Å². The third-order valence-electron chi connectivity index (χ3n) is 2.49. The molecule has 0 bridgehead atoms. The number of aromatic nitrogens is 5. The van der Waals surface area contributed by atoms with Gasteiger partial charge in [-0.1, -0.05) is 11.2 Å². The van der Waals surface area contributed by atoms with E-state index in [2.05, 4.69) is 20.7 Å². The van der Waals surface area contributed by atoms with Gasteiger partial charge in [-0.05, 0) is 29.5 Å². The minimum Gasteiger partial charge on any atom is -0.485 e. The molecular weight excluding hydrogens is 246 g/mol. The Hall–Kier alpha value is -2.70. The predicted molar refractivity (Wildman–Crippen MR) is 64.7 cm³/mol. The lowest BCUT2D eigenvalue weighted by molar-refractivity contribution is 0.248. The molecule has 0 unspecified atom stereocenters. The van der Waals surface area contributed by atoms with Crippen molar-refractivity contribution in [2.24, 2.45) is 0 Å². The molecule has 0 atom stereocenters. The summed E-state index contributed by atoms with van der Waals surface area (Å²) in [6, 6.07) is 9.31. The molecule has 0 fully saturated rings. The molecule has 0 aliphatic carbocycles. The summed E-state index contributed by atoms with van der Waals surface area (Å²) in [5, 5.41) is 14.8. The van der Waals surface area contributed by atoms with Crippen molar-refractivity contribution in [3.05, 3.63) is 48.1 Å². The molecule has 0 amide bonds. The Labute approximate surface area is 108 Å². The molecule has 0 saturated heterocycles. The predicted octanol–water partition coefficient (Wildman–Crippen LogP) is 1.54. The maximum absolute atomic E-state index is 5.63. The minimum atomic E-state index is 0.333. The SMILES string of the molecule is Cc1cc(COc2cccc(-n3cnnn3)c2)on1. The lowest BCUT2D eigenvalue weighted by Gasteiger charge is -2.05. The zero-order chi connectivity index (χ0) is 13.1. The molecule has 3 rings (SSSR count). The number of benzene rings is 1. The largest absolute Gasteiger partial charge is 0.485 e. The quantitative estimate of drug-likeness (QED) is 0.705. The zero-order valence-corrected chi connectivity index (χ0v) is 10.2. The molecule has 2 heterocycles. The standard InChI is InChI=1S/C12H11N5O2/c1-9-5-12(19-14-9)7-18-11-4-2-3-10(6-11)17-8-13-15-16-17/h2-6,8H,7H2,1H3. The van der Waals surface area contributed by atoms with Crippen molar-refractivity contribution < 1.29 is 9.26 Å². The molecule has 7 heteroatoms. The first kappa shape index (κ1) is 11.4. The van der Waals surface area contributed by atoms with Gasteiger partial charge in [-0.3, -0.25) is 0 Å². The van der Waals surface area contributed by atoms with Crippen molar-refractivity contribution >= 4 is 0 Å². The fourth-order valence-corrected chi connectivity index (χ4v) is 1.63. The molecule has 19 heavy (non-hydrogen) atoms. The first-order valence-electron chi connectivity index (χ1n) is 5.70. The van der Waals surface area contributed by atoms with Crippen LogP contribution in [0.25, 0.3) is 5.69 Å². The topological polar surface area (TPSA) is 78.9 Å². The van der Waals surface area contributed by atoms with E-state index in [1.165, 1.54) is 6.33 Å². The molecule has 7 nitrogen and oxygen atoms in total. The first-order valence-corrected chi connectivity index (χ1v) is 5.70. The van der Waals surface area contributed by atoms with Gasteiger partial charge < -0.3 is 9.26 Å². The third-order valence-corrected chi connectivity index (χ3v) is 2.49. The van der Waals surface area contributed by atoms with Crippen LogP contribution in [0.4, 0.5) is 0 Å². The number of tetrazole rings is 1. The maximum atomic E-state index is 5.63. The van der Waals surface area contributed by atoms with Gasteiger partial charge in [0, 0.05) is 12.1 Å². The van der Waals surface area contributed by atoms with Crippen molar-refractivity contribution in [3.8, 4) is 11.4 Å². The Bertz CT molecular complexity index is 662. The van der Waals surface area contributed by atoms with Crippen LogP contribution in [0.1, 0.15) is 11.5 Å². The molecule has 2 aromatic heterocycles. The van der Waals surface area contributed by atoms with E-state index < -0.39 is 0 Å². The van der Waals surface area contributed by atoms with Gasteiger partial charge >= 0.3 is 0 Å². The maximum Gasteiger partial charge on any atom is 0.174 e. The second-order valence-electron chi connectivity index (χ2n) is 3.98. The number of hydrogen-bond acceptors (Lipinski definition) is 6. The number of ether oxygens (including phenoxy) is 1. The van der Waals surface area contributed by atoms with E-state index in [0.29, 0.717) is 18.1 Å². The van der Waals surface area contributed by atoms with Crippen LogP contribution in [0.5, 0.6) is 5.75 Å². The van der Waals surface area contributed by atoms with Crippen molar-refractivity contribution in [2.75, 3.05) is 0 Å². The second kappa shape index (κ2) is 4.89. The monoisotopic (exact) mass is 257 g/mol. The van der Waals surface area contributed by atoms with Gasteiger partial charge in [-0.25, -0.2) is 4.68 Å². The van der Waals surface area contributed by atoms with Crippen LogP contribution in [0.15, 0.2) is 41.2 Å². The number of rotatable bonds is 4. The normalized spacial score (nSPS) is 10.6. The van der Waals surface area contributed by atoms with E-state index in [1.807, 2.05) is 37.3 Å². The Kier molecular flexibility index (Phi) is 2.93. The average molecular weight is 257 g/mol. The van der Waals surface area contributed by atoms with Gasteiger partial charge in [0.2, 0.25) is 0 Å². The lowest BCUT2D eigenvalue weighted by Crippen LogP contribution is -1.97. The van der Waals surface area contributed by atoms with Gasteiger partial charge in [0.1, 0.15) is 18.7 Å². The highest BCUT2D eigenvalue weighted by molar-refractivity contribution is 5.38. The van der Waals surface area contributed by atoms with Crippen molar-refractivity contribution in [1.29, 1.82) is 0 Å². The molecule has 0 spiro atoms. The first-order chi connectivity index (χ1) is 9.31. The zero-order valence-electron chi connectivity index (χ0n) is 10.2. The number of nitrogens with zero attached hydrogens (tertiary/aromatic N) is 5. The minimum absolute atomic E-state index is 0.333. The summed E-state index contributed by atoms with van der Waals surface area (Å²) in [6.45, 7) is 2.20. The number of hydrogen-bond donors (Lipinski definition) is 0. The Morgan fingerprint density at radius 3 is 3.00 bits per heavy atom. The fourth-order valence-electron chi connectivity index (χ4n) is 1.63. The molecule has 0 saturated carbocycles. The molecule has 0 radical (unpaired) electrons. The molecule has 1 aromatic carbocycles. The van der Waals surface area contributed by atoms with Crippen molar-refractivity contribution in [3.63, 3.8) is 0 Å². The Morgan fingerprint density at radius 1 is 1.32 bits per heavy atom. The molecule has 0 N–H and O–H groups in total. The smallest absolute Gasteiger partial charge is 0.174 e. The van der Waals surface area contributed by atoms with E-state index in [0.717, 1.165) is 11.4 Å². The molecule has 0 aliphatic heterocycles. The van der Waals surface area contributed by atoms with Gasteiger partial charge in [-0.2, -0.15) is 0 Å². The summed E-state index contributed by atoms with van der Waals surface area (Å²) in [6.07, 6.45) is 1.53. The van der Waals surface area contributed by atoms with Gasteiger partial charge in [0.15, 0.2) is 5.76 Å². The van der Waals surface area contributed by atoms with E-state index in [-0.39, 0.29) is 0 Å². The lowest BCUT2D eigenvalue weighted by atomic mass is 10.3. The highest BCUT2D eigenvalue weighted by Crippen LogP contribution is 2.17. The van der Waals surface area contributed by atoms with Crippen LogP contribution in [-0.4, -0.2) is 25.4 Å². The summed E-state index contributed by atoms with van der Waals surface area (Å²) < 4.78 is 12.3. The third kappa shape index (κ3) is 2.59. The second-order valence-corrected chi connectivity index (χ2v) is 3.98. The van der Waals surface area contributed by atoms with E-state index in [9.17, 15) is 0 Å². The Balaban J connectivity index is 1.73. The van der Waals surface area contributed by atoms with Crippen LogP contribution in [-0.2, 0) is 6.61 Å². The van der Waals surface area contributed by atoms with Crippen molar-refractivity contribution in [2.45, 2.75) is 13.5 Å². The number of aryl methyl sites for hydroxylation is 1.